The van der Waals surface area contributed by atoms with Crippen LogP contribution in [0.5, 0.6) is 0 Å². The summed E-state index contributed by atoms with van der Waals surface area (Å²) < 4.78 is 13.1. The maximum absolute atomic E-state index is 13.1. The van der Waals surface area contributed by atoms with Gasteiger partial charge in [-0.3, -0.25) is 9.59 Å². The van der Waals surface area contributed by atoms with E-state index in [1.165, 1.54) is 12.1 Å². The molecule has 0 aliphatic rings. The highest BCUT2D eigenvalue weighted by molar-refractivity contribution is 5.88. The van der Waals surface area contributed by atoms with Gasteiger partial charge in [0.1, 0.15) is 11.9 Å². The van der Waals surface area contributed by atoms with Crippen LogP contribution < -0.4 is 5.32 Å². The topological polar surface area (TPSA) is 49.4 Å². The number of likely N-dealkylation sites (N-methyl/N-ethyl adjacent to an activating group) is 1. The van der Waals surface area contributed by atoms with E-state index in [0.717, 1.165) is 11.1 Å². The summed E-state index contributed by atoms with van der Waals surface area (Å²) in [6, 6.07) is 15.3. The average molecular weight is 370 g/mol. The smallest absolute Gasteiger partial charge is 0.242 e. The van der Waals surface area contributed by atoms with Crippen molar-refractivity contribution in [2.45, 2.75) is 39.2 Å². The molecular formula is C22H27FN2O2. The predicted octanol–water partition coefficient (Wildman–Crippen LogP) is 3.35. The Bertz CT molecular complexity index is 732. The van der Waals surface area contributed by atoms with Crippen LogP contribution in [0.4, 0.5) is 4.39 Å². The Morgan fingerprint density at radius 3 is 2.26 bits per heavy atom. The van der Waals surface area contributed by atoms with E-state index in [9.17, 15) is 14.0 Å². The molecule has 2 rings (SSSR count). The van der Waals surface area contributed by atoms with Gasteiger partial charge in [-0.2, -0.15) is 0 Å². The Hall–Kier alpha value is -2.69. The number of hydrogen-bond acceptors (Lipinski definition) is 2. The van der Waals surface area contributed by atoms with Crippen molar-refractivity contribution in [1.82, 2.24) is 10.2 Å². The van der Waals surface area contributed by atoms with Crippen molar-refractivity contribution in [3.8, 4) is 0 Å². The van der Waals surface area contributed by atoms with Crippen molar-refractivity contribution in [2.75, 3.05) is 13.1 Å². The maximum Gasteiger partial charge on any atom is 0.242 e. The Morgan fingerprint density at radius 1 is 1.00 bits per heavy atom. The first-order chi connectivity index (χ1) is 13.0. The van der Waals surface area contributed by atoms with Crippen LogP contribution in [0, 0.1) is 5.82 Å². The first-order valence-electron chi connectivity index (χ1n) is 9.40. The third-order valence-corrected chi connectivity index (χ3v) is 4.49. The summed E-state index contributed by atoms with van der Waals surface area (Å²) in [5.41, 5.74) is 1.85. The molecule has 5 heteroatoms. The van der Waals surface area contributed by atoms with Crippen LogP contribution in [0.1, 0.15) is 31.4 Å². The molecule has 0 saturated carbocycles. The molecule has 0 aliphatic heterocycles. The summed E-state index contributed by atoms with van der Waals surface area (Å²) >= 11 is 0. The third kappa shape index (κ3) is 6.20. The largest absolute Gasteiger partial charge is 0.355 e. The number of amides is 2. The molecule has 0 radical (unpaired) electrons. The zero-order valence-corrected chi connectivity index (χ0v) is 16.0. The van der Waals surface area contributed by atoms with Crippen LogP contribution in [0.3, 0.4) is 0 Å². The molecule has 0 spiro atoms. The van der Waals surface area contributed by atoms with E-state index in [2.05, 4.69) is 5.32 Å². The molecule has 1 atom stereocenters. The molecular weight excluding hydrogens is 343 g/mol. The Morgan fingerprint density at radius 2 is 1.67 bits per heavy atom. The van der Waals surface area contributed by atoms with Crippen LogP contribution >= 0.6 is 0 Å². The van der Waals surface area contributed by atoms with E-state index in [1.54, 1.807) is 17.0 Å². The fourth-order valence-corrected chi connectivity index (χ4v) is 3.07. The van der Waals surface area contributed by atoms with Gasteiger partial charge in [0, 0.05) is 13.1 Å². The van der Waals surface area contributed by atoms with Gasteiger partial charge in [-0.15, -0.1) is 0 Å². The molecule has 4 nitrogen and oxygen atoms in total. The minimum absolute atomic E-state index is 0.129. The van der Waals surface area contributed by atoms with Gasteiger partial charge in [0.15, 0.2) is 0 Å². The van der Waals surface area contributed by atoms with Crippen LogP contribution in [-0.4, -0.2) is 35.8 Å². The molecule has 144 valence electrons. The van der Waals surface area contributed by atoms with Crippen LogP contribution in [0.2, 0.25) is 0 Å². The van der Waals surface area contributed by atoms with Crippen LogP contribution in [0.25, 0.3) is 0 Å². The van der Waals surface area contributed by atoms with Gasteiger partial charge < -0.3 is 10.2 Å². The SMILES string of the molecule is CCNC(=O)[C@H](CC)N(CCc1ccccc1)C(=O)Cc1ccc(F)cc1. The van der Waals surface area contributed by atoms with E-state index >= 15 is 0 Å². The summed E-state index contributed by atoms with van der Waals surface area (Å²) in [5, 5.41) is 2.82. The van der Waals surface area contributed by atoms with Crippen molar-refractivity contribution < 1.29 is 14.0 Å². The van der Waals surface area contributed by atoms with E-state index in [-0.39, 0.29) is 24.1 Å². The van der Waals surface area contributed by atoms with Crippen molar-refractivity contribution in [3.63, 3.8) is 0 Å². The number of hydrogen-bond donors (Lipinski definition) is 1. The van der Waals surface area contributed by atoms with Crippen molar-refractivity contribution in [2.24, 2.45) is 0 Å². The fraction of sp³-hybridized carbons (Fsp3) is 0.364. The van der Waals surface area contributed by atoms with E-state index in [4.69, 9.17) is 0 Å². The molecule has 2 aromatic rings. The maximum atomic E-state index is 13.1. The van der Waals surface area contributed by atoms with E-state index in [1.807, 2.05) is 44.2 Å². The van der Waals surface area contributed by atoms with Gasteiger partial charge >= 0.3 is 0 Å². The number of nitrogens with one attached hydrogen (secondary N) is 1. The van der Waals surface area contributed by atoms with Gasteiger partial charge in [0.05, 0.1) is 6.42 Å². The van der Waals surface area contributed by atoms with Crippen molar-refractivity contribution in [3.05, 3.63) is 71.5 Å². The predicted molar refractivity (Wildman–Crippen MR) is 105 cm³/mol. The highest BCUT2D eigenvalue weighted by Crippen LogP contribution is 2.12. The molecule has 2 amide bonds. The average Bonchev–Trinajstić information content (AvgIpc) is 2.67. The van der Waals surface area contributed by atoms with Gasteiger partial charge in [0.2, 0.25) is 11.8 Å². The quantitative estimate of drug-likeness (QED) is 0.736. The summed E-state index contributed by atoms with van der Waals surface area (Å²) in [5.74, 6) is -0.600. The van der Waals surface area contributed by atoms with Crippen LogP contribution in [-0.2, 0) is 22.4 Å². The standard InChI is InChI=1S/C22H27FN2O2/c1-3-20(22(27)24-4-2)25(15-14-17-8-6-5-7-9-17)21(26)16-18-10-12-19(23)13-11-18/h5-13,20H,3-4,14-16H2,1-2H3,(H,24,27)/t20-/m0/s1. The molecule has 1 N–H and O–H groups in total. The second-order valence-corrected chi connectivity index (χ2v) is 6.44. The van der Waals surface area contributed by atoms with E-state index < -0.39 is 6.04 Å². The second kappa shape index (κ2) is 10.5. The summed E-state index contributed by atoms with van der Waals surface area (Å²) in [6.45, 7) is 4.74. The fourth-order valence-electron chi connectivity index (χ4n) is 3.07. The van der Waals surface area contributed by atoms with Crippen molar-refractivity contribution in [1.29, 1.82) is 0 Å². The number of halogens is 1. The zero-order valence-electron chi connectivity index (χ0n) is 16.0. The third-order valence-electron chi connectivity index (χ3n) is 4.49. The minimum atomic E-state index is -0.512. The summed E-state index contributed by atoms with van der Waals surface area (Å²) in [6.07, 6.45) is 1.35. The van der Waals surface area contributed by atoms with E-state index in [0.29, 0.717) is 25.9 Å². The summed E-state index contributed by atoms with van der Waals surface area (Å²) in [4.78, 5) is 27.1. The Kier molecular flexibility index (Phi) is 7.99. The van der Waals surface area contributed by atoms with Gasteiger partial charge in [0.25, 0.3) is 0 Å². The second-order valence-electron chi connectivity index (χ2n) is 6.44. The van der Waals surface area contributed by atoms with Crippen molar-refractivity contribution >= 4 is 11.8 Å². The monoisotopic (exact) mass is 370 g/mol. The lowest BCUT2D eigenvalue weighted by molar-refractivity contribution is -0.140. The lowest BCUT2D eigenvalue weighted by Gasteiger charge is -2.30. The summed E-state index contributed by atoms with van der Waals surface area (Å²) in [7, 11) is 0. The molecule has 0 aromatic heterocycles. The number of carbonyl (C=O) groups excluding carboxylic acids is 2. The minimum Gasteiger partial charge on any atom is -0.355 e. The molecule has 0 fully saturated rings. The molecule has 2 aromatic carbocycles. The number of carbonyl (C=O) groups is 2. The lowest BCUT2D eigenvalue weighted by Crippen LogP contribution is -2.50. The first-order valence-corrected chi connectivity index (χ1v) is 9.40. The van der Waals surface area contributed by atoms with Gasteiger partial charge in [-0.25, -0.2) is 4.39 Å². The first kappa shape index (κ1) is 20.6. The highest BCUT2D eigenvalue weighted by atomic mass is 19.1. The Labute approximate surface area is 160 Å². The number of nitrogens with zero attached hydrogens (tertiary/aromatic N) is 1. The molecule has 0 saturated heterocycles. The van der Waals surface area contributed by atoms with Gasteiger partial charge in [-0.1, -0.05) is 49.4 Å². The van der Waals surface area contributed by atoms with Crippen LogP contribution in [0.15, 0.2) is 54.6 Å². The highest BCUT2D eigenvalue weighted by Gasteiger charge is 2.27. The normalized spacial score (nSPS) is 11.7. The molecule has 0 aliphatic carbocycles. The zero-order chi connectivity index (χ0) is 19.6. The van der Waals surface area contributed by atoms with Gasteiger partial charge in [-0.05, 0) is 43.0 Å². The molecule has 0 unspecified atom stereocenters. The lowest BCUT2D eigenvalue weighted by atomic mass is 10.1. The Balaban J connectivity index is 2.16. The molecule has 0 bridgehead atoms. The number of rotatable bonds is 9. The molecule has 0 heterocycles. The molecule has 27 heavy (non-hydrogen) atoms. The number of benzene rings is 2.